The van der Waals surface area contributed by atoms with Crippen LogP contribution in [0.4, 0.5) is 5.69 Å². The van der Waals surface area contributed by atoms with Crippen LogP contribution >= 0.6 is 0 Å². The minimum absolute atomic E-state index is 0.0152. The van der Waals surface area contributed by atoms with Crippen molar-refractivity contribution in [1.82, 2.24) is 4.90 Å². The SMILES string of the molecule is Nc1ccc(O)c(C2CN(Cc3ccccc3)CC2N)c1. The van der Waals surface area contributed by atoms with Crippen molar-refractivity contribution in [2.75, 3.05) is 18.8 Å². The van der Waals surface area contributed by atoms with E-state index in [1.165, 1.54) is 5.56 Å². The zero-order valence-electron chi connectivity index (χ0n) is 11.9. The molecule has 0 spiro atoms. The van der Waals surface area contributed by atoms with Gasteiger partial charge in [-0.3, -0.25) is 4.90 Å². The Morgan fingerprint density at radius 3 is 2.62 bits per heavy atom. The molecule has 0 aliphatic carbocycles. The molecule has 2 aromatic carbocycles. The van der Waals surface area contributed by atoms with Crippen molar-refractivity contribution in [1.29, 1.82) is 0 Å². The molecule has 4 heteroatoms. The third-order valence-electron chi connectivity index (χ3n) is 4.14. The zero-order chi connectivity index (χ0) is 14.8. The molecule has 5 N–H and O–H groups in total. The topological polar surface area (TPSA) is 75.5 Å². The first kappa shape index (κ1) is 13.9. The average molecular weight is 283 g/mol. The molecule has 2 atom stereocenters. The van der Waals surface area contributed by atoms with Gasteiger partial charge in [-0.25, -0.2) is 0 Å². The molecule has 1 heterocycles. The fourth-order valence-electron chi connectivity index (χ4n) is 3.08. The number of phenolic OH excluding ortho intramolecular Hbond substituents is 1. The van der Waals surface area contributed by atoms with Gasteiger partial charge < -0.3 is 16.6 Å². The number of likely N-dealkylation sites (tertiary alicyclic amines) is 1. The first-order valence-corrected chi connectivity index (χ1v) is 7.24. The van der Waals surface area contributed by atoms with Gasteiger partial charge in [-0.05, 0) is 23.8 Å². The summed E-state index contributed by atoms with van der Waals surface area (Å²) in [6.45, 7) is 2.55. The highest BCUT2D eigenvalue weighted by atomic mass is 16.3. The van der Waals surface area contributed by atoms with Crippen LogP contribution in [0.1, 0.15) is 17.0 Å². The quantitative estimate of drug-likeness (QED) is 0.594. The Morgan fingerprint density at radius 1 is 1.10 bits per heavy atom. The van der Waals surface area contributed by atoms with Crippen LogP contribution in [0.3, 0.4) is 0 Å². The smallest absolute Gasteiger partial charge is 0.119 e. The minimum Gasteiger partial charge on any atom is -0.508 e. The van der Waals surface area contributed by atoms with Crippen LogP contribution in [0.25, 0.3) is 0 Å². The third kappa shape index (κ3) is 3.01. The molecular formula is C17H21N3O. The van der Waals surface area contributed by atoms with E-state index in [0.717, 1.165) is 25.2 Å². The Hall–Kier alpha value is -2.04. The summed E-state index contributed by atoms with van der Waals surface area (Å²) in [5, 5.41) is 10.1. The average Bonchev–Trinajstić information content (AvgIpc) is 2.83. The third-order valence-corrected chi connectivity index (χ3v) is 4.14. The lowest BCUT2D eigenvalue weighted by molar-refractivity contribution is 0.323. The lowest BCUT2D eigenvalue weighted by Crippen LogP contribution is -2.28. The predicted molar refractivity (Wildman–Crippen MR) is 85.0 cm³/mol. The summed E-state index contributed by atoms with van der Waals surface area (Å²) >= 11 is 0. The summed E-state index contributed by atoms with van der Waals surface area (Å²) in [4.78, 5) is 2.33. The Labute approximate surface area is 125 Å². The maximum atomic E-state index is 10.1. The van der Waals surface area contributed by atoms with E-state index >= 15 is 0 Å². The van der Waals surface area contributed by atoms with E-state index in [2.05, 4.69) is 17.0 Å². The van der Waals surface area contributed by atoms with Crippen LogP contribution < -0.4 is 11.5 Å². The van der Waals surface area contributed by atoms with Crippen LogP contribution in [0.2, 0.25) is 0 Å². The maximum absolute atomic E-state index is 10.1. The molecule has 110 valence electrons. The molecule has 0 saturated carbocycles. The molecule has 2 aromatic rings. The molecule has 0 bridgehead atoms. The van der Waals surface area contributed by atoms with Gasteiger partial charge in [-0.2, -0.15) is 0 Å². The number of hydrogen-bond acceptors (Lipinski definition) is 4. The highest BCUT2D eigenvalue weighted by molar-refractivity contribution is 5.49. The highest BCUT2D eigenvalue weighted by Gasteiger charge is 2.32. The van der Waals surface area contributed by atoms with Gasteiger partial charge in [-0.15, -0.1) is 0 Å². The van der Waals surface area contributed by atoms with Gasteiger partial charge >= 0.3 is 0 Å². The lowest BCUT2D eigenvalue weighted by atomic mass is 9.93. The number of phenols is 1. The maximum Gasteiger partial charge on any atom is 0.119 e. The van der Waals surface area contributed by atoms with Gasteiger partial charge in [-0.1, -0.05) is 30.3 Å². The summed E-state index contributed by atoms with van der Waals surface area (Å²) in [5.41, 5.74) is 14.9. The van der Waals surface area contributed by atoms with E-state index in [1.807, 2.05) is 24.3 Å². The van der Waals surface area contributed by atoms with Crippen LogP contribution in [0, 0.1) is 0 Å². The van der Waals surface area contributed by atoms with Gasteiger partial charge in [0.05, 0.1) is 0 Å². The van der Waals surface area contributed by atoms with Crippen LogP contribution in [0.15, 0.2) is 48.5 Å². The molecule has 1 fully saturated rings. The van der Waals surface area contributed by atoms with Crippen molar-refractivity contribution in [2.45, 2.75) is 18.5 Å². The van der Waals surface area contributed by atoms with Crippen LogP contribution in [-0.2, 0) is 6.54 Å². The molecule has 0 radical (unpaired) electrons. The Bertz CT molecular complexity index is 615. The van der Waals surface area contributed by atoms with Gasteiger partial charge in [0.1, 0.15) is 5.75 Å². The van der Waals surface area contributed by atoms with E-state index in [9.17, 15) is 5.11 Å². The van der Waals surface area contributed by atoms with Gasteiger partial charge in [0, 0.05) is 42.8 Å². The molecule has 1 saturated heterocycles. The van der Waals surface area contributed by atoms with Crippen molar-refractivity contribution in [2.24, 2.45) is 5.73 Å². The number of nitrogens with zero attached hydrogens (tertiary/aromatic N) is 1. The number of rotatable bonds is 3. The molecule has 3 rings (SSSR count). The molecule has 21 heavy (non-hydrogen) atoms. The Morgan fingerprint density at radius 2 is 1.86 bits per heavy atom. The highest BCUT2D eigenvalue weighted by Crippen LogP contribution is 2.34. The predicted octanol–water partition coefficient (Wildman–Crippen LogP) is 1.90. The number of nitrogen functional groups attached to an aromatic ring is 1. The molecule has 1 aliphatic heterocycles. The molecule has 4 nitrogen and oxygen atoms in total. The first-order chi connectivity index (χ1) is 10.1. The van der Waals surface area contributed by atoms with Gasteiger partial charge in [0.15, 0.2) is 0 Å². The van der Waals surface area contributed by atoms with E-state index < -0.39 is 0 Å². The van der Waals surface area contributed by atoms with Crippen molar-refractivity contribution in [3.8, 4) is 5.75 Å². The van der Waals surface area contributed by atoms with Crippen LogP contribution in [0.5, 0.6) is 5.75 Å². The number of benzene rings is 2. The van der Waals surface area contributed by atoms with E-state index in [0.29, 0.717) is 5.69 Å². The zero-order valence-corrected chi connectivity index (χ0v) is 11.9. The van der Waals surface area contributed by atoms with Crippen molar-refractivity contribution in [3.63, 3.8) is 0 Å². The number of aromatic hydroxyl groups is 1. The summed E-state index contributed by atoms with van der Waals surface area (Å²) in [6, 6.07) is 15.6. The largest absolute Gasteiger partial charge is 0.508 e. The van der Waals surface area contributed by atoms with E-state index in [4.69, 9.17) is 11.5 Å². The second kappa shape index (κ2) is 5.76. The fraction of sp³-hybridized carbons (Fsp3) is 0.294. The molecule has 1 aliphatic rings. The molecular weight excluding hydrogens is 262 g/mol. The fourth-order valence-corrected chi connectivity index (χ4v) is 3.08. The second-order valence-electron chi connectivity index (χ2n) is 5.77. The monoisotopic (exact) mass is 283 g/mol. The normalized spacial score (nSPS) is 22.5. The van der Waals surface area contributed by atoms with E-state index in [1.54, 1.807) is 12.1 Å². The first-order valence-electron chi connectivity index (χ1n) is 7.24. The Kier molecular flexibility index (Phi) is 3.82. The van der Waals surface area contributed by atoms with Crippen molar-refractivity contribution >= 4 is 5.69 Å². The number of hydrogen-bond donors (Lipinski definition) is 3. The van der Waals surface area contributed by atoms with Gasteiger partial charge in [0.25, 0.3) is 0 Å². The van der Waals surface area contributed by atoms with Crippen molar-refractivity contribution in [3.05, 3.63) is 59.7 Å². The molecule has 2 unspecified atom stereocenters. The summed E-state index contributed by atoms with van der Waals surface area (Å²) in [5.74, 6) is 0.406. The van der Waals surface area contributed by atoms with Gasteiger partial charge in [0.2, 0.25) is 0 Å². The summed E-state index contributed by atoms with van der Waals surface area (Å²) in [7, 11) is 0. The number of nitrogens with two attached hydrogens (primary N) is 2. The van der Waals surface area contributed by atoms with E-state index in [-0.39, 0.29) is 17.7 Å². The Balaban J connectivity index is 1.75. The standard InChI is InChI=1S/C17H21N3O/c18-13-6-7-17(21)14(8-13)15-10-20(11-16(15)19)9-12-4-2-1-3-5-12/h1-8,15-16,21H,9-11,18-19H2. The summed E-state index contributed by atoms with van der Waals surface area (Å²) in [6.07, 6.45) is 0. The van der Waals surface area contributed by atoms with Crippen molar-refractivity contribution < 1.29 is 5.11 Å². The summed E-state index contributed by atoms with van der Waals surface area (Å²) < 4.78 is 0. The number of anilines is 1. The molecule has 0 amide bonds. The lowest BCUT2D eigenvalue weighted by Gasteiger charge is -2.17. The minimum atomic E-state index is 0.0152. The van der Waals surface area contributed by atoms with Crippen LogP contribution in [-0.4, -0.2) is 29.1 Å². The second-order valence-corrected chi connectivity index (χ2v) is 5.77. The molecule has 0 aromatic heterocycles.